The van der Waals surface area contributed by atoms with Crippen LogP contribution in [0.3, 0.4) is 0 Å². The van der Waals surface area contributed by atoms with Crippen LogP contribution in [0.25, 0.3) is 17.3 Å². The molecule has 0 N–H and O–H groups in total. The van der Waals surface area contributed by atoms with Gasteiger partial charge < -0.3 is 14.2 Å². The minimum atomic E-state index is -0.0438. The van der Waals surface area contributed by atoms with Crippen LogP contribution in [0, 0.1) is 0 Å². The molecule has 39 heavy (non-hydrogen) atoms. The lowest BCUT2D eigenvalue weighted by Crippen LogP contribution is -2.48. The van der Waals surface area contributed by atoms with Crippen LogP contribution in [-0.4, -0.2) is 56.7 Å². The summed E-state index contributed by atoms with van der Waals surface area (Å²) in [5, 5.41) is 13.5. The second kappa shape index (κ2) is 11.4. The molecule has 0 spiro atoms. The molecule has 0 atom stereocenters. The predicted molar refractivity (Wildman–Crippen MR) is 155 cm³/mol. The van der Waals surface area contributed by atoms with Crippen molar-refractivity contribution in [2.45, 2.75) is 10.9 Å². The largest absolute Gasteiger partial charge is 0.461 e. The monoisotopic (exact) mass is 596 g/mol. The Labute approximate surface area is 243 Å². The van der Waals surface area contributed by atoms with E-state index in [0.717, 1.165) is 29.5 Å². The number of hydrogen-bond acceptors (Lipinski definition) is 8. The van der Waals surface area contributed by atoms with Crippen molar-refractivity contribution in [3.8, 4) is 17.3 Å². The van der Waals surface area contributed by atoms with Crippen molar-refractivity contribution in [3.05, 3.63) is 93.1 Å². The number of thiazole rings is 1. The van der Waals surface area contributed by atoms with Gasteiger partial charge in [0.25, 0.3) is 5.91 Å². The average Bonchev–Trinajstić information content (AvgIpc) is 3.73. The van der Waals surface area contributed by atoms with Crippen molar-refractivity contribution < 1.29 is 9.21 Å². The normalized spacial score (nSPS) is 13.7. The van der Waals surface area contributed by atoms with Gasteiger partial charge in [0.05, 0.1) is 12.0 Å². The molecule has 5 aromatic rings. The number of aromatic nitrogens is 4. The molecular weight excluding hydrogens is 575 g/mol. The summed E-state index contributed by atoms with van der Waals surface area (Å²) in [6.45, 7) is 2.76. The molecule has 2 aromatic carbocycles. The summed E-state index contributed by atoms with van der Waals surface area (Å²) in [6, 6.07) is 18.9. The molecule has 198 valence electrons. The van der Waals surface area contributed by atoms with Crippen molar-refractivity contribution in [1.29, 1.82) is 0 Å². The van der Waals surface area contributed by atoms with E-state index in [2.05, 4.69) is 20.1 Å². The molecule has 1 aliphatic rings. The first-order valence-electron chi connectivity index (χ1n) is 12.2. The van der Waals surface area contributed by atoms with Gasteiger partial charge in [0, 0.05) is 53.0 Å². The lowest BCUT2D eigenvalue weighted by atomic mass is 10.2. The number of amides is 1. The Kier molecular flexibility index (Phi) is 7.60. The molecule has 1 saturated heterocycles. The fourth-order valence-corrected chi connectivity index (χ4v) is 6.40. The summed E-state index contributed by atoms with van der Waals surface area (Å²) >= 11 is 15.2. The fraction of sp³-hybridized carbons (Fsp3) is 0.185. The number of anilines is 1. The Morgan fingerprint density at radius 2 is 1.77 bits per heavy atom. The van der Waals surface area contributed by atoms with Crippen LogP contribution in [0.1, 0.15) is 15.5 Å². The molecule has 0 saturated carbocycles. The van der Waals surface area contributed by atoms with Gasteiger partial charge in [-0.3, -0.25) is 9.36 Å². The minimum absolute atomic E-state index is 0.0438. The third-order valence-electron chi connectivity index (χ3n) is 6.30. The maximum Gasteiger partial charge on any atom is 0.273 e. The Balaban J connectivity index is 1.13. The van der Waals surface area contributed by atoms with Crippen LogP contribution in [-0.2, 0) is 5.75 Å². The van der Waals surface area contributed by atoms with E-state index in [4.69, 9.17) is 27.6 Å². The molecule has 0 unspecified atom stereocenters. The van der Waals surface area contributed by atoms with Crippen molar-refractivity contribution in [2.75, 3.05) is 31.1 Å². The predicted octanol–water partition coefficient (Wildman–Crippen LogP) is 6.55. The molecule has 0 radical (unpaired) electrons. The first kappa shape index (κ1) is 25.9. The summed E-state index contributed by atoms with van der Waals surface area (Å²) in [6.07, 6.45) is 1.61. The topological polar surface area (TPSA) is 80.3 Å². The zero-order valence-electron chi connectivity index (χ0n) is 20.5. The lowest BCUT2D eigenvalue weighted by Gasteiger charge is -2.35. The second-order valence-corrected chi connectivity index (χ2v) is 11.5. The van der Waals surface area contributed by atoms with E-state index in [1.54, 1.807) is 6.26 Å². The van der Waals surface area contributed by atoms with Gasteiger partial charge in [-0.15, -0.1) is 21.5 Å². The molecule has 1 aliphatic heterocycles. The van der Waals surface area contributed by atoms with E-state index in [0.29, 0.717) is 51.3 Å². The number of nitrogens with zero attached hydrogens (tertiary/aromatic N) is 6. The zero-order chi connectivity index (χ0) is 26.8. The van der Waals surface area contributed by atoms with Gasteiger partial charge in [0.1, 0.15) is 10.7 Å². The number of furan rings is 1. The van der Waals surface area contributed by atoms with Gasteiger partial charge in [-0.25, -0.2) is 4.98 Å². The second-order valence-electron chi connectivity index (χ2n) is 8.77. The molecule has 1 fully saturated rings. The van der Waals surface area contributed by atoms with E-state index in [1.807, 2.05) is 75.5 Å². The van der Waals surface area contributed by atoms with Gasteiger partial charge in [-0.05, 0) is 54.6 Å². The SMILES string of the molecule is O=C(c1csc(CSc2nnc(-c3ccco3)n2-c2ccc(Cl)cc2)n1)N1CCN(c2cccc(Cl)c2)CC1. The van der Waals surface area contributed by atoms with E-state index >= 15 is 0 Å². The maximum absolute atomic E-state index is 13.2. The Morgan fingerprint density at radius 3 is 2.51 bits per heavy atom. The van der Waals surface area contributed by atoms with Crippen molar-refractivity contribution in [3.63, 3.8) is 0 Å². The summed E-state index contributed by atoms with van der Waals surface area (Å²) < 4.78 is 7.52. The van der Waals surface area contributed by atoms with Crippen LogP contribution in [0.5, 0.6) is 0 Å². The number of carbonyl (C=O) groups excluding carboxylic acids is 1. The van der Waals surface area contributed by atoms with Gasteiger partial charge in [-0.1, -0.05) is 41.0 Å². The van der Waals surface area contributed by atoms with Crippen LogP contribution in [0.4, 0.5) is 5.69 Å². The fourth-order valence-electron chi connectivity index (χ4n) is 4.36. The number of hydrogen-bond donors (Lipinski definition) is 0. The van der Waals surface area contributed by atoms with E-state index in [-0.39, 0.29) is 5.91 Å². The molecule has 3 aromatic heterocycles. The van der Waals surface area contributed by atoms with Crippen molar-refractivity contribution in [2.24, 2.45) is 0 Å². The average molecular weight is 598 g/mol. The summed E-state index contributed by atoms with van der Waals surface area (Å²) in [7, 11) is 0. The minimum Gasteiger partial charge on any atom is -0.461 e. The molecule has 0 bridgehead atoms. The third-order valence-corrected chi connectivity index (χ3v) is 8.75. The highest BCUT2D eigenvalue weighted by Gasteiger charge is 2.25. The van der Waals surface area contributed by atoms with Crippen molar-refractivity contribution in [1.82, 2.24) is 24.6 Å². The smallest absolute Gasteiger partial charge is 0.273 e. The summed E-state index contributed by atoms with van der Waals surface area (Å²) in [5.41, 5.74) is 2.41. The zero-order valence-corrected chi connectivity index (χ0v) is 23.7. The van der Waals surface area contributed by atoms with Crippen molar-refractivity contribution >= 4 is 57.9 Å². The lowest BCUT2D eigenvalue weighted by molar-refractivity contribution is 0.0741. The van der Waals surface area contributed by atoms with E-state index in [9.17, 15) is 4.79 Å². The van der Waals surface area contributed by atoms with E-state index in [1.165, 1.54) is 23.1 Å². The van der Waals surface area contributed by atoms with Gasteiger partial charge >= 0.3 is 0 Å². The standard InChI is InChI=1S/C27H22Cl2N6O2S2/c28-18-6-8-20(9-7-18)35-25(23-5-2-14-37-23)31-32-27(35)39-17-24-30-22(16-38-24)26(36)34-12-10-33(11-13-34)21-4-1-3-19(29)15-21/h1-9,14-16H,10-13,17H2. The Morgan fingerprint density at radius 1 is 0.949 bits per heavy atom. The number of carbonyl (C=O) groups is 1. The Bertz CT molecular complexity index is 1580. The first-order valence-corrected chi connectivity index (χ1v) is 14.8. The van der Waals surface area contributed by atoms with E-state index < -0.39 is 0 Å². The number of thioether (sulfide) groups is 1. The molecule has 8 nitrogen and oxygen atoms in total. The number of piperazine rings is 1. The molecule has 1 amide bonds. The van der Waals surface area contributed by atoms with Crippen LogP contribution in [0.2, 0.25) is 10.0 Å². The Hall–Kier alpha value is -3.31. The third kappa shape index (κ3) is 5.69. The molecule has 12 heteroatoms. The van der Waals surface area contributed by atoms with Crippen LogP contribution < -0.4 is 4.90 Å². The van der Waals surface area contributed by atoms with Crippen LogP contribution >= 0.6 is 46.3 Å². The van der Waals surface area contributed by atoms with Crippen LogP contribution in [0.15, 0.2) is 81.9 Å². The first-order chi connectivity index (χ1) is 19.0. The molecule has 4 heterocycles. The summed E-state index contributed by atoms with van der Waals surface area (Å²) in [4.78, 5) is 21.9. The number of rotatable bonds is 7. The maximum atomic E-state index is 13.2. The molecule has 0 aliphatic carbocycles. The summed E-state index contributed by atoms with van der Waals surface area (Å²) in [5.74, 6) is 1.71. The molecular formula is C27H22Cl2N6O2S2. The number of halogens is 2. The highest BCUT2D eigenvalue weighted by molar-refractivity contribution is 7.98. The highest BCUT2D eigenvalue weighted by Crippen LogP contribution is 2.31. The van der Waals surface area contributed by atoms with Gasteiger partial charge in [-0.2, -0.15) is 0 Å². The van der Waals surface area contributed by atoms with Gasteiger partial charge in [0.15, 0.2) is 10.9 Å². The highest BCUT2D eigenvalue weighted by atomic mass is 35.5. The quantitative estimate of drug-likeness (QED) is 0.197. The van der Waals surface area contributed by atoms with Gasteiger partial charge in [0.2, 0.25) is 5.82 Å². The number of benzene rings is 2. The molecule has 6 rings (SSSR count).